The minimum absolute atomic E-state index is 0.113. The number of hydrogen-bond donors (Lipinski definition) is 2. The second-order valence-corrected chi connectivity index (χ2v) is 11.3. The molecule has 12 heteroatoms. The van der Waals surface area contributed by atoms with E-state index in [2.05, 4.69) is 20.8 Å². The number of ether oxygens (including phenoxy) is 2. The van der Waals surface area contributed by atoms with Gasteiger partial charge < -0.3 is 20.1 Å². The second kappa shape index (κ2) is 11.0. The molecule has 0 saturated carbocycles. The van der Waals surface area contributed by atoms with Crippen LogP contribution in [-0.2, 0) is 14.8 Å². The van der Waals surface area contributed by atoms with E-state index in [1.165, 1.54) is 4.31 Å². The summed E-state index contributed by atoms with van der Waals surface area (Å²) in [5.74, 6) is 0.849. The average molecular weight is 544 g/mol. The molecule has 2 aliphatic heterocycles. The summed E-state index contributed by atoms with van der Waals surface area (Å²) in [4.78, 5) is 12.5. The van der Waals surface area contributed by atoms with Crippen molar-refractivity contribution in [1.82, 2.24) is 25.1 Å². The predicted octanol–water partition coefficient (Wildman–Crippen LogP) is 3.44. The van der Waals surface area contributed by atoms with E-state index in [1.54, 1.807) is 60.8 Å². The van der Waals surface area contributed by atoms with Gasteiger partial charge in [0.2, 0.25) is 15.9 Å². The predicted molar refractivity (Wildman–Crippen MR) is 137 cm³/mol. The van der Waals surface area contributed by atoms with E-state index in [0.29, 0.717) is 35.4 Å². The molecule has 3 aromatic rings. The molecule has 3 atom stereocenters. The smallest absolute Gasteiger partial charge is 0.315 e. The van der Waals surface area contributed by atoms with Gasteiger partial charge in [-0.1, -0.05) is 41.9 Å². The van der Waals surface area contributed by atoms with Gasteiger partial charge in [0.15, 0.2) is 0 Å². The molecule has 0 spiro atoms. The van der Waals surface area contributed by atoms with Crippen molar-refractivity contribution in [3.05, 3.63) is 83.0 Å². The fourth-order valence-electron chi connectivity index (χ4n) is 4.64. The summed E-state index contributed by atoms with van der Waals surface area (Å²) in [6, 6.07) is 16.1. The van der Waals surface area contributed by atoms with E-state index < -0.39 is 27.4 Å². The molecule has 2 N–H and O–H groups in total. The molecule has 2 aromatic carbocycles. The van der Waals surface area contributed by atoms with Crippen molar-refractivity contribution in [2.24, 2.45) is 0 Å². The van der Waals surface area contributed by atoms with Crippen molar-refractivity contribution in [2.45, 2.75) is 23.8 Å². The number of hydrogen-bond acceptors (Lipinski definition) is 7. The number of amides is 2. The highest BCUT2D eigenvalue weighted by molar-refractivity contribution is 7.89. The highest BCUT2D eigenvalue weighted by Crippen LogP contribution is 2.38. The Labute approximate surface area is 220 Å². The molecule has 2 saturated heterocycles. The number of carbonyl (C=O) groups excluding carboxylic acids is 1. The maximum Gasteiger partial charge on any atom is 0.315 e. The summed E-state index contributed by atoms with van der Waals surface area (Å²) >= 11 is 6.49. The number of sulfonamides is 1. The molecule has 194 valence electrons. The van der Waals surface area contributed by atoms with Gasteiger partial charge in [0.1, 0.15) is 11.0 Å². The Bertz CT molecular complexity index is 1350. The lowest BCUT2D eigenvalue weighted by molar-refractivity contribution is 0.0725. The number of rotatable bonds is 8. The van der Waals surface area contributed by atoms with Crippen molar-refractivity contribution in [1.29, 1.82) is 0 Å². The Kier molecular flexibility index (Phi) is 7.56. The first-order valence-electron chi connectivity index (χ1n) is 11.9. The number of carbonyl (C=O) groups is 1. The third-order valence-corrected chi connectivity index (χ3v) is 9.00. The number of nitrogens with zero attached hydrogens (tertiary/aromatic N) is 3. The second-order valence-electron chi connectivity index (χ2n) is 8.74. The van der Waals surface area contributed by atoms with Gasteiger partial charge in [-0.3, -0.25) is 0 Å². The first kappa shape index (κ1) is 25.4. The molecule has 1 aromatic heterocycles. The van der Waals surface area contributed by atoms with Gasteiger partial charge in [0, 0.05) is 30.4 Å². The zero-order chi connectivity index (χ0) is 25.8. The zero-order valence-corrected chi connectivity index (χ0v) is 21.4. The summed E-state index contributed by atoms with van der Waals surface area (Å²) in [7, 11) is -3.81. The van der Waals surface area contributed by atoms with E-state index in [1.807, 2.05) is 6.07 Å². The standard InChI is InChI=1S/C25H26ClN5O5S/c26-20-8-2-1-7-19(20)22(37(33,34)31-11-13-35-14-12-31)16-21-24(29-25(32)28-21)17-5-3-6-18(15-17)36-23-9-4-10-27-30-23/h1-10,15,21-22,24H,11-14,16H2,(H2,28,29,32). The van der Waals surface area contributed by atoms with Crippen LogP contribution in [0, 0.1) is 0 Å². The lowest BCUT2D eigenvalue weighted by atomic mass is 9.95. The Balaban J connectivity index is 1.45. The van der Waals surface area contributed by atoms with Crippen molar-refractivity contribution < 1.29 is 22.7 Å². The maximum absolute atomic E-state index is 13.9. The summed E-state index contributed by atoms with van der Waals surface area (Å²) < 4.78 is 40.3. The van der Waals surface area contributed by atoms with E-state index in [4.69, 9.17) is 21.1 Å². The van der Waals surface area contributed by atoms with Gasteiger partial charge in [-0.2, -0.15) is 9.40 Å². The van der Waals surface area contributed by atoms with E-state index >= 15 is 0 Å². The quantitative estimate of drug-likeness (QED) is 0.446. The van der Waals surface area contributed by atoms with Gasteiger partial charge in [-0.05, 0) is 41.8 Å². The first-order valence-corrected chi connectivity index (χ1v) is 13.7. The van der Waals surface area contributed by atoms with Crippen LogP contribution < -0.4 is 15.4 Å². The average Bonchev–Trinajstić information content (AvgIpc) is 3.29. The van der Waals surface area contributed by atoms with Crippen LogP contribution in [-0.4, -0.2) is 61.3 Å². The SMILES string of the molecule is O=C1NC(CC(c2ccccc2Cl)S(=O)(=O)N2CCOCC2)C(c2cccc(Oc3cccnn3)c2)N1. The Morgan fingerprint density at radius 2 is 1.89 bits per heavy atom. The minimum Gasteiger partial charge on any atom is -0.438 e. The third kappa shape index (κ3) is 5.69. The van der Waals surface area contributed by atoms with Crippen LogP contribution in [0.5, 0.6) is 11.6 Å². The Hall–Kier alpha value is -3.25. The molecule has 2 amide bonds. The third-order valence-electron chi connectivity index (χ3n) is 6.40. The molecular formula is C25H26ClN5O5S. The number of urea groups is 1. The Morgan fingerprint density at radius 1 is 1.08 bits per heavy atom. The summed E-state index contributed by atoms with van der Waals surface area (Å²) in [6.45, 7) is 1.20. The van der Waals surface area contributed by atoms with Gasteiger partial charge >= 0.3 is 6.03 Å². The molecule has 37 heavy (non-hydrogen) atoms. The molecular weight excluding hydrogens is 518 g/mol. The van der Waals surface area contributed by atoms with Crippen molar-refractivity contribution >= 4 is 27.7 Å². The van der Waals surface area contributed by atoms with Gasteiger partial charge in [0.25, 0.3) is 0 Å². The highest BCUT2D eigenvalue weighted by atomic mass is 35.5. The zero-order valence-electron chi connectivity index (χ0n) is 19.8. The fourth-order valence-corrected chi connectivity index (χ4v) is 6.96. The van der Waals surface area contributed by atoms with Crippen molar-refractivity contribution in [2.75, 3.05) is 26.3 Å². The van der Waals surface area contributed by atoms with Crippen LogP contribution in [0.1, 0.15) is 28.8 Å². The molecule has 0 bridgehead atoms. The number of halogens is 1. The molecule has 10 nitrogen and oxygen atoms in total. The van der Waals surface area contributed by atoms with Crippen LogP contribution in [0.4, 0.5) is 4.79 Å². The number of morpholine rings is 1. The van der Waals surface area contributed by atoms with Gasteiger partial charge in [-0.15, -0.1) is 5.10 Å². The van der Waals surface area contributed by atoms with Crippen LogP contribution >= 0.6 is 11.6 Å². The molecule has 2 fully saturated rings. The van der Waals surface area contributed by atoms with Crippen molar-refractivity contribution in [3.63, 3.8) is 0 Å². The normalized spacial score (nSPS) is 21.2. The number of nitrogens with one attached hydrogen (secondary N) is 2. The lowest BCUT2D eigenvalue weighted by Gasteiger charge is -2.32. The van der Waals surface area contributed by atoms with Gasteiger partial charge in [0.05, 0.1) is 25.3 Å². The summed E-state index contributed by atoms with van der Waals surface area (Å²) in [5, 5.41) is 13.0. The van der Waals surface area contributed by atoms with Gasteiger partial charge in [-0.25, -0.2) is 13.2 Å². The number of benzene rings is 2. The molecule has 0 aliphatic carbocycles. The van der Waals surface area contributed by atoms with E-state index in [-0.39, 0.29) is 25.5 Å². The first-order chi connectivity index (χ1) is 17.9. The maximum atomic E-state index is 13.9. The molecule has 5 rings (SSSR count). The molecule has 3 heterocycles. The minimum atomic E-state index is -3.81. The summed E-state index contributed by atoms with van der Waals surface area (Å²) in [5.41, 5.74) is 1.25. The molecule has 0 radical (unpaired) electrons. The Morgan fingerprint density at radius 3 is 2.65 bits per heavy atom. The summed E-state index contributed by atoms with van der Waals surface area (Å²) in [6.07, 6.45) is 1.66. The highest BCUT2D eigenvalue weighted by Gasteiger charge is 2.41. The van der Waals surface area contributed by atoms with Crippen molar-refractivity contribution in [3.8, 4) is 11.6 Å². The van der Waals surface area contributed by atoms with Crippen LogP contribution in [0.2, 0.25) is 5.02 Å². The topological polar surface area (TPSA) is 123 Å². The monoisotopic (exact) mass is 543 g/mol. The van der Waals surface area contributed by atoms with Crippen LogP contribution in [0.3, 0.4) is 0 Å². The number of aromatic nitrogens is 2. The largest absolute Gasteiger partial charge is 0.438 e. The van der Waals surface area contributed by atoms with E-state index in [0.717, 1.165) is 5.56 Å². The van der Waals surface area contributed by atoms with Crippen LogP contribution in [0.15, 0.2) is 66.9 Å². The fraction of sp³-hybridized carbons (Fsp3) is 0.320. The molecule has 3 unspecified atom stereocenters. The molecule has 2 aliphatic rings. The lowest BCUT2D eigenvalue weighted by Crippen LogP contribution is -2.44. The van der Waals surface area contributed by atoms with E-state index in [9.17, 15) is 13.2 Å². The van der Waals surface area contributed by atoms with Crippen LogP contribution in [0.25, 0.3) is 0 Å².